The maximum Gasteiger partial charge on any atom is 0.255 e. The van der Waals surface area contributed by atoms with Crippen LogP contribution >= 0.6 is 23.2 Å². The first-order valence-corrected chi connectivity index (χ1v) is 7.25. The average molecular weight is 340 g/mol. The fourth-order valence-electron chi connectivity index (χ4n) is 2.00. The molecule has 0 aromatic heterocycles. The lowest BCUT2D eigenvalue weighted by Gasteiger charge is -2.13. The zero-order valence-electron chi connectivity index (χ0n) is 12.2. The molecule has 0 aliphatic heterocycles. The van der Waals surface area contributed by atoms with E-state index in [4.69, 9.17) is 32.7 Å². The van der Waals surface area contributed by atoms with Crippen molar-refractivity contribution in [1.82, 2.24) is 5.32 Å². The summed E-state index contributed by atoms with van der Waals surface area (Å²) in [7, 11) is 3.01. The van der Waals surface area contributed by atoms with E-state index in [0.717, 1.165) is 5.56 Å². The van der Waals surface area contributed by atoms with E-state index in [-0.39, 0.29) is 12.5 Å². The van der Waals surface area contributed by atoms with Crippen molar-refractivity contribution in [2.45, 2.75) is 6.54 Å². The number of amides is 1. The minimum atomic E-state index is -0.276. The molecule has 2 rings (SSSR count). The number of hydrogen-bond donors (Lipinski definition) is 1. The van der Waals surface area contributed by atoms with Crippen LogP contribution in [0.2, 0.25) is 10.0 Å². The quantitative estimate of drug-likeness (QED) is 0.897. The Labute approximate surface area is 138 Å². The Morgan fingerprint density at radius 2 is 1.91 bits per heavy atom. The smallest absolute Gasteiger partial charge is 0.255 e. The van der Waals surface area contributed by atoms with Crippen LogP contribution in [0, 0.1) is 0 Å². The van der Waals surface area contributed by atoms with E-state index in [1.165, 1.54) is 14.2 Å². The van der Waals surface area contributed by atoms with Gasteiger partial charge in [0.2, 0.25) is 0 Å². The Morgan fingerprint density at radius 1 is 1.14 bits per heavy atom. The molecule has 0 saturated carbocycles. The van der Waals surface area contributed by atoms with Crippen LogP contribution in [0.3, 0.4) is 0 Å². The molecular weight excluding hydrogens is 325 g/mol. The lowest BCUT2D eigenvalue weighted by Crippen LogP contribution is -2.23. The number of benzene rings is 2. The summed E-state index contributed by atoms with van der Waals surface area (Å²) in [6.07, 6.45) is 0. The SMILES string of the molecule is COc1cccc(C(=O)NCc2ccc(Cl)cc2Cl)c1OC. The first-order valence-electron chi connectivity index (χ1n) is 6.50. The molecule has 0 bridgehead atoms. The summed E-state index contributed by atoms with van der Waals surface area (Å²) in [6, 6.07) is 10.3. The van der Waals surface area contributed by atoms with Crippen molar-refractivity contribution in [1.29, 1.82) is 0 Å². The van der Waals surface area contributed by atoms with Crippen LogP contribution in [-0.4, -0.2) is 20.1 Å². The van der Waals surface area contributed by atoms with Gasteiger partial charge >= 0.3 is 0 Å². The summed E-state index contributed by atoms with van der Waals surface area (Å²) in [5, 5.41) is 3.86. The molecule has 0 aliphatic rings. The fraction of sp³-hybridized carbons (Fsp3) is 0.188. The second-order valence-electron chi connectivity index (χ2n) is 4.46. The lowest BCUT2D eigenvalue weighted by atomic mass is 10.1. The van der Waals surface area contributed by atoms with Crippen molar-refractivity contribution in [2.75, 3.05) is 14.2 Å². The third-order valence-corrected chi connectivity index (χ3v) is 3.69. The zero-order chi connectivity index (χ0) is 16.1. The third kappa shape index (κ3) is 3.64. The second-order valence-corrected chi connectivity index (χ2v) is 5.30. The Hall–Kier alpha value is -1.91. The number of methoxy groups -OCH3 is 2. The maximum atomic E-state index is 12.3. The Balaban J connectivity index is 2.16. The van der Waals surface area contributed by atoms with E-state index < -0.39 is 0 Å². The molecule has 0 spiro atoms. The number of ether oxygens (including phenoxy) is 2. The highest BCUT2D eigenvalue weighted by Crippen LogP contribution is 2.30. The van der Waals surface area contributed by atoms with E-state index in [1.807, 2.05) is 0 Å². The molecule has 0 fully saturated rings. The molecule has 1 amide bonds. The van der Waals surface area contributed by atoms with Gasteiger partial charge in [-0.25, -0.2) is 0 Å². The van der Waals surface area contributed by atoms with Crippen molar-refractivity contribution in [3.05, 3.63) is 57.6 Å². The van der Waals surface area contributed by atoms with E-state index in [0.29, 0.717) is 27.1 Å². The van der Waals surface area contributed by atoms with Gasteiger partial charge in [-0.2, -0.15) is 0 Å². The fourth-order valence-corrected chi connectivity index (χ4v) is 2.48. The van der Waals surface area contributed by atoms with Gasteiger partial charge in [0.15, 0.2) is 11.5 Å². The molecule has 0 heterocycles. The van der Waals surface area contributed by atoms with Gasteiger partial charge in [-0.15, -0.1) is 0 Å². The lowest BCUT2D eigenvalue weighted by molar-refractivity contribution is 0.0947. The summed E-state index contributed by atoms with van der Waals surface area (Å²) >= 11 is 11.9. The maximum absolute atomic E-state index is 12.3. The molecule has 0 saturated heterocycles. The van der Waals surface area contributed by atoms with Crippen LogP contribution in [0.5, 0.6) is 11.5 Å². The van der Waals surface area contributed by atoms with Gasteiger partial charge in [0.05, 0.1) is 19.8 Å². The predicted octanol–water partition coefficient (Wildman–Crippen LogP) is 3.94. The molecule has 2 aromatic carbocycles. The number of carbonyl (C=O) groups is 1. The largest absolute Gasteiger partial charge is 0.493 e. The van der Waals surface area contributed by atoms with Crippen LogP contribution in [-0.2, 0) is 6.54 Å². The number of hydrogen-bond acceptors (Lipinski definition) is 3. The van der Waals surface area contributed by atoms with Gasteiger partial charge < -0.3 is 14.8 Å². The van der Waals surface area contributed by atoms with E-state index in [9.17, 15) is 4.79 Å². The van der Waals surface area contributed by atoms with Gasteiger partial charge in [0.1, 0.15) is 0 Å². The Morgan fingerprint density at radius 3 is 2.55 bits per heavy atom. The normalized spacial score (nSPS) is 10.2. The standard InChI is InChI=1S/C16H15Cl2NO3/c1-21-14-5-3-4-12(15(14)22-2)16(20)19-9-10-6-7-11(17)8-13(10)18/h3-8H,9H2,1-2H3,(H,19,20). The van der Waals surface area contributed by atoms with Crippen LogP contribution in [0.15, 0.2) is 36.4 Å². The molecule has 0 radical (unpaired) electrons. The zero-order valence-corrected chi connectivity index (χ0v) is 13.7. The van der Waals surface area contributed by atoms with E-state index in [1.54, 1.807) is 36.4 Å². The summed E-state index contributed by atoms with van der Waals surface area (Å²) in [6.45, 7) is 0.287. The van der Waals surface area contributed by atoms with Gasteiger partial charge in [0, 0.05) is 16.6 Å². The second kappa shape index (κ2) is 7.38. The number of rotatable bonds is 5. The third-order valence-electron chi connectivity index (χ3n) is 3.10. The molecule has 22 heavy (non-hydrogen) atoms. The Kier molecular flexibility index (Phi) is 5.52. The molecule has 1 N–H and O–H groups in total. The minimum absolute atomic E-state index is 0.276. The highest BCUT2D eigenvalue weighted by Gasteiger charge is 2.16. The van der Waals surface area contributed by atoms with Crippen LogP contribution in [0.1, 0.15) is 15.9 Å². The van der Waals surface area contributed by atoms with Gasteiger partial charge in [0.25, 0.3) is 5.91 Å². The first-order chi connectivity index (χ1) is 10.6. The molecule has 116 valence electrons. The summed E-state index contributed by atoms with van der Waals surface area (Å²) in [4.78, 5) is 12.3. The molecular formula is C16H15Cl2NO3. The van der Waals surface area contributed by atoms with Gasteiger partial charge in [-0.05, 0) is 29.8 Å². The molecule has 0 aliphatic carbocycles. The van der Waals surface area contributed by atoms with E-state index in [2.05, 4.69) is 5.32 Å². The van der Waals surface area contributed by atoms with Crippen molar-refractivity contribution in [3.63, 3.8) is 0 Å². The van der Waals surface area contributed by atoms with Gasteiger partial charge in [-0.1, -0.05) is 35.3 Å². The van der Waals surface area contributed by atoms with Crippen LogP contribution < -0.4 is 14.8 Å². The summed E-state index contributed by atoms with van der Waals surface area (Å²) < 4.78 is 10.4. The van der Waals surface area contributed by atoms with Crippen molar-refractivity contribution >= 4 is 29.1 Å². The number of halogens is 2. The number of nitrogens with one attached hydrogen (secondary N) is 1. The molecule has 0 atom stereocenters. The molecule has 2 aromatic rings. The molecule has 0 unspecified atom stereocenters. The van der Waals surface area contributed by atoms with Crippen molar-refractivity contribution in [2.24, 2.45) is 0 Å². The Bertz CT molecular complexity index is 689. The number of para-hydroxylation sites is 1. The highest BCUT2D eigenvalue weighted by molar-refractivity contribution is 6.35. The molecule has 4 nitrogen and oxygen atoms in total. The van der Waals surface area contributed by atoms with E-state index >= 15 is 0 Å². The predicted molar refractivity (Wildman–Crippen MR) is 87.2 cm³/mol. The van der Waals surface area contributed by atoms with Crippen molar-refractivity contribution < 1.29 is 14.3 Å². The van der Waals surface area contributed by atoms with Crippen LogP contribution in [0.4, 0.5) is 0 Å². The van der Waals surface area contributed by atoms with Crippen molar-refractivity contribution in [3.8, 4) is 11.5 Å². The summed E-state index contributed by atoms with van der Waals surface area (Å²) in [5.74, 6) is 0.617. The molecule has 6 heteroatoms. The monoisotopic (exact) mass is 339 g/mol. The topological polar surface area (TPSA) is 47.6 Å². The highest BCUT2D eigenvalue weighted by atomic mass is 35.5. The van der Waals surface area contributed by atoms with Crippen LogP contribution in [0.25, 0.3) is 0 Å². The number of carbonyl (C=O) groups excluding carboxylic acids is 1. The first kappa shape index (κ1) is 16.5. The summed E-state index contributed by atoms with van der Waals surface area (Å²) in [5.41, 5.74) is 1.17. The minimum Gasteiger partial charge on any atom is -0.493 e. The van der Waals surface area contributed by atoms with Gasteiger partial charge in [-0.3, -0.25) is 4.79 Å². The average Bonchev–Trinajstić information content (AvgIpc) is 2.52.